The monoisotopic (exact) mass is 430 g/mol. The number of guanidine groups is 1. The second kappa shape index (κ2) is 9.39. The zero-order valence-electron chi connectivity index (χ0n) is 13.4. The van der Waals surface area contributed by atoms with Crippen LogP contribution in [0.1, 0.15) is 6.42 Å². The highest BCUT2D eigenvalue weighted by molar-refractivity contribution is 14.0. The van der Waals surface area contributed by atoms with Gasteiger partial charge >= 0.3 is 0 Å². The summed E-state index contributed by atoms with van der Waals surface area (Å²) >= 11 is 0. The summed E-state index contributed by atoms with van der Waals surface area (Å²) in [6.45, 7) is 4.88. The molecule has 1 fully saturated rings. The summed E-state index contributed by atoms with van der Waals surface area (Å²) in [4.78, 5) is 18.1. The summed E-state index contributed by atoms with van der Waals surface area (Å²) in [5.74, 6) is 1.50. The van der Waals surface area contributed by atoms with Crippen molar-refractivity contribution in [1.82, 2.24) is 10.6 Å². The van der Waals surface area contributed by atoms with E-state index in [0.717, 1.165) is 11.4 Å². The van der Waals surface area contributed by atoms with Gasteiger partial charge in [0.05, 0.1) is 13.2 Å². The van der Waals surface area contributed by atoms with Crippen LogP contribution in [-0.4, -0.2) is 45.2 Å². The number of halogens is 1. The zero-order chi connectivity index (χ0) is 15.9. The molecule has 1 aromatic carbocycles. The Morgan fingerprint density at radius 2 is 2.35 bits per heavy atom. The lowest BCUT2D eigenvalue weighted by molar-refractivity contribution is -0.117. The molecular formula is C16H23IN4O2. The van der Waals surface area contributed by atoms with Gasteiger partial charge in [0, 0.05) is 38.3 Å². The minimum Gasteiger partial charge on any atom is -0.497 e. The maximum Gasteiger partial charge on any atom is 0.229 e. The largest absolute Gasteiger partial charge is 0.497 e. The molecule has 1 aliphatic rings. The summed E-state index contributed by atoms with van der Waals surface area (Å²) in [7, 11) is 3.32. The van der Waals surface area contributed by atoms with Gasteiger partial charge in [-0.05, 0) is 12.1 Å². The van der Waals surface area contributed by atoms with Crippen LogP contribution in [0.2, 0.25) is 0 Å². The first-order valence-corrected chi connectivity index (χ1v) is 7.20. The molecule has 1 atom stereocenters. The first-order chi connectivity index (χ1) is 10.7. The van der Waals surface area contributed by atoms with E-state index in [1.54, 1.807) is 25.1 Å². The van der Waals surface area contributed by atoms with Crippen molar-refractivity contribution in [3.63, 3.8) is 0 Å². The molecule has 0 aromatic heterocycles. The molecule has 7 heteroatoms. The molecule has 0 radical (unpaired) electrons. The molecule has 0 spiro atoms. The van der Waals surface area contributed by atoms with E-state index in [-0.39, 0.29) is 35.9 Å². The van der Waals surface area contributed by atoms with E-state index in [9.17, 15) is 4.79 Å². The predicted molar refractivity (Wildman–Crippen MR) is 104 cm³/mol. The summed E-state index contributed by atoms with van der Waals surface area (Å²) in [5, 5.41) is 6.36. The summed E-state index contributed by atoms with van der Waals surface area (Å²) in [6.07, 6.45) is 2.20. The van der Waals surface area contributed by atoms with Gasteiger partial charge in [0.1, 0.15) is 5.75 Å². The molecule has 1 amide bonds. The van der Waals surface area contributed by atoms with Gasteiger partial charge in [0.25, 0.3) is 0 Å². The molecule has 0 aliphatic carbocycles. The Hall–Kier alpha value is -1.77. The number of anilines is 1. The Kier molecular flexibility index (Phi) is 7.87. The Bertz CT molecular complexity index is 577. The fraction of sp³-hybridized carbons (Fsp3) is 0.375. The van der Waals surface area contributed by atoms with Crippen molar-refractivity contribution in [2.45, 2.75) is 12.5 Å². The van der Waals surface area contributed by atoms with Gasteiger partial charge < -0.3 is 20.3 Å². The number of aliphatic imine (C=N–C) groups is 1. The molecule has 0 bridgehead atoms. The van der Waals surface area contributed by atoms with Crippen molar-refractivity contribution in [2.75, 3.05) is 32.1 Å². The van der Waals surface area contributed by atoms with Gasteiger partial charge in [-0.1, -0.05) is 12.1 Å². The van der Waals surface area contributed by atoms with Crippen molar-refractivity contribution in [3.05, 3.63) is 36.9 Å². The van der Waals surface area contributed by atoms with Gasteiger partial charge in [0.2, 0.25) is 5.91 Å². The molecule has 126 valence electrons. The number of ether oxygens (including phenoxy) is 1. The van der Waals surface area contributed by atoms with Crippen LogP contribution < -0.4 is 20.3 Å². The molecule has 1 unspecified atom stereocenters. The maximum atomic E-state index is 12.2. The van der Waals surface area contributed by atoms with Crippen molar-refractivity contribution >= 4 is 41.5 Å². The standard InChI is InChI=1S/C16H22N4O2.HI/c1-4-8-18-16(17-2)19-12-9-15(21)20(11-12)13-6-5-7-14(10-13)22-3;/h4-7,10,12H,1,8-9,11H2,2-3H3,(H2,17,18,19);1H. The number of benzene rings is 1. The lowest BCUT2D eigenvalue weighted by atomic mass is 10.2. The van der Waals surface area contributed by atoms with Crippen LogP contribution in [0.4, 0.5) is 5.69 Å². The van der Waals surface area contributed by atoms with E-state index in [2.05, 4.69) is 22.2 Å². The second-order valence-electron chi connectivity index (χ2n) is 4.99. The molecule has 0 saturated carbocycles. The minimum absolute atomic E-state index is 0. The van der Waals surface area contributed by atoms with Crippen LogP contribution in [0.5, 0.6) is 5.75 Å². The van der Waals surface area contributed by atoms with Crippen LogP contribution >= 0.6 is 24.0 Å². The number of nitrogens with zero attached hydrogens (tertiary/aromatic N) is 2. The number of carbonyl (C=O) groups excluding carboxylic acids is 1. The average molecular weight is 430 g/mol. The third-order valence-electron chi connectivity index (χ3n) is 3.47. The summed E-state index contributed by atoms with van der Waals surface area (Å²) in [5.41, 5.74) is 0.850. The molecule has 6 nitrogen and oxygen atoms in total. The van der Waals surface area contributed by atoms with E-state index >= 15 is 0 Å². The highest BCUT2D eigenvalue weighted by atomic mass is 127. The van der Waals surface area contributed by atoms with Crippen LogP contribution in [-0.2, 0) is 4.79 Å². The Balaban J connectivity index is 0.00000264. The van der Waals surface area contributed by atoms with Crippen LogP contribution in [0.25, 0.3) is 0 Å². The summed E-state index contributed by atoms with van der Waals surface area (Å²) < 4.78 is 5.21. The van der Waals surface area contributed by atoms with E-state index in [0.29, 0.717) is 25.5 Å². The van der Waals surface area contributed by atoms with Crippen molar-refractivity contribution in [3.8, 4) is 5.75 Å². The zero-order valence-corrected chi connectivity index (χ0v) is 15.7. The van der Waals surface area contributed by atoms with Crippen LogP contribution in [0.15, 0.2) is 41.9 Å². The third kappa shape index (κ3) is 5.12. The first-order valence-electron chi connectivity index (χ1n) is 7.20. The minimum atomic E-state index is 0. The SMILES string of the molecule is C=CCNC(=NC)NC1CC(=O)N(c2cccc(OC)c2)C1.I. The van der Waals surface area contributed by atoms with Crippen molar-refractivity contribution in [2.24, 2.45) is 4.99 Å². The molecule has 2 rings (SSSR count). The summed E-state index contributed by atoms with van der Waals surface area (Å²) in [6, 6.07) is 7.54. The van der Waals surface area contributed by atoms with Gasteiger partial charge in [-0.15, -0.1) is 30.6 Å². The van der Waals surface area contributed by atoms with Crippen molar-refractivity contribution in [1.29, 1.82) is 0 Å². The Labute approximate surface area is 154 Å². The van der Waals surface area contributed by atoms with Gasteiger partial charge in [0.15, 0.2) is 5.96 Å². The van der Waals surface area contributed by atoms with Crippen LogP contribution in [0.3, 0.4) is 0 Å². The number of carbonyl (C=O) groups is 1. The number of rotatable bonds is 5. The molecular weight excluding hydrogens is 407 g/mol. The molecule has 1 heterocycles. The number of hydrogen-bond donors (Lipinski definition) is 2. The quantitative estimate of drug-likeness (QED) is 0.324. The van der Waals surface area contributed by atoms with Crippen molar-refractivity contribution < 1.29 is 9.53 Å². The maximum absolute atomic E-state index is 12.2. The average Bonchev–Trinajstić information content (AvgIpc) is 2.92. The Morgan fingerprint density at radius 3 is 3.00 bits per heavy atom. The van der Waals surface area contributed by atoms with E-state index in [1.165, 1.54) is 0 Å². The predicted octanol–water partition coefficient (Wildman–Crippen LogP) is 1.77. The normalized spacial score (nSPS) is 17.5. The molecule has 1 aromatic rings. The van der Waals surface area contributed by atoms with Gasteiger partial charge in [-0.25, -0.2) is 0 Å². The fourth-order valence-electron chi connectivity index (χ4n) is 2.39. The number of amides is 1. The third-order valence-corrected chi connectivity index (χ3v) is 3.47. The number of hydrogen-bond acceptors (Lipinski definition) is 3. The lowest BCUT2D eigenvalue weighted by Crippen LogP contribution is -2.44. The molecule has 2 N–H and O–H groups in total. The van der Waals surface area contributed by atoms with E-state index in [1.807, 2.05) is 24.3 Å². The topological polar surface area (TPSA) is 66.0 Å². The molecule has 1 aliphatic heterocycles. The highest BCUT2D eigenvalue weighted by Gasteiger charge is 2.31. The Morgan fingerprint density at radius 1 is 1.57 bits per heavy atom. The second-order valence-corrected chi connectivity index (χ2v) is 4.99. The number of nitrogens with one attached hydrogen (secondary N) is 2. The molecule has 1 saturated heterocycles. The highest BCUT2D eigenvalue weighted by Crippen LogP contribution is 2.25. The van der Waals surface area contributed by atoms with Gasteiger partial charge in [-0.2, -0.15) is 0 Å². The number of methoxy groups -OCH3 is 1. The van der Waals surface area contributed by atoms with Gasteiger partial charge in [-0.3, -0.25) is 9.79 Å². The smallest absolute Gasteiger partial charge is 0.229 e. The molecule has 23 heavy (non-hydrogen) atoms. The van der Waals surface area contributed by atoms with E-state index in [4.69, 9.17) is 4.74 Å². The lowest BCUT2D eigenvalue weighted by Gasteiger charge is -2.19. The fourth-order valence-corrected chi connectivity index (χ4v) is 2.39. The van der Waals surface area contributed by atoms with E-state index < -0.39 is 0 Å². The first kappa shape index (κ1) is 19.3. The van der Waals surface area contributed by atoms with Crippen LogP contribution in [0, 0.1) is 0 Å².